The van der Waals surface area contributed by atoms with Crippen molar-refractivity contribution in [1.29, 1.82) is 5.26 Å². The zero-order valence-electron chi connectivity index (χ0n) is 15.5. The minimum atomic E-state index is -0.107. The summed E-state index contributed by atoms with van der Waals surface area (Å²) in [4.78, 5) is 23.4. The molecule has 0 amide bonds. The number of benzene rings is 1. The van der Waals surface area contributed by atoms with E-state index in [0.717, 1.165) is 24.2 Å². The molecule has 4 rings (SSSR count). The smallest absolute Gasteiger partial charge is 0.255 e. The average Bonchev–Trinajstić information content (AvgIpc) is 2.76. The van der Waals surface area contributed by atoms with Gasteiger partial charge < -0.3 is 10.2 Å². The van der Waals surface area contributed by atoms with Crippen LogP contribution in [0, 0.1) is 11.3 Å². The second-order valence-electron chi connectivity index (χ2n) is 6.73. The third kappa shape index (κ3) is 3.38. The van der Waals surface area contributed by atoms with E-state index in [-0.39, 0.29) is 11.6 Å². The zero-order chi connectivity index (χ0) is 19.5. The molecular weight excluding hydrogens is 352 g/mol. The molecule has 1 atom stereocenters. The van der Waals surface area contributed by atoms with Crippen LogP contribution in [0.1, 0.15) is 17.2 Å². The monoisotopic (exact) mass is 372 g/mol. The summed E-state index contributed by atoms with van der Waals surface area (Å²) >= 11 is 0. The molecule has 1 aromatic carbocycles. The van der Waals surface area contributed by atoms with Crippen molar-refractivity contribution in [3.8, 4) is 17.3 Å². The van der Waals surface area contributed by atoms with Crippen molar-refractivity contribution in [3.63, 3.8) is 0 Å². The predicted octanol–water partition coefficient (Wildman–Crippen LogP) is 1.86. The van der Waals surface area contributed by atoms with E-state index in [2.05, 4.69) is 21.3 Å². The van der Waals surface area contributed by atoms with Crippen molar-refractivity contribution in [1.82, 2.24) is 19.9 Å². The summed E-state index contributed by atoms with van der Waals surface area (Å²) in [6, 6.07) is 15.1. The first-order chi connectivity index (χ1) is 13.7. The molecule has 1 unspecified atom stereocenters. The summed E-state index contributed by atoms with van der Waals surface area (Å²) in [5.41, 5.74) is 3.01. The first-order valence-electron chi connectivity index (χ1n) is 9.13. The van der Waals surface area contributed by atoms with Gasteiger partial charge >= 0.3 is 0 Å². The number of nitrogens with zero attached hydrogens (tertiary/aromatic N) is 5. The number of pyridine rings is 1. The molecule has 1 aliphatic heterocycles. The molecule has 0 saturated carbocycles. The van der Waals surface area contributed by atoms with E-state index in [1.165, 1.54) is 0 Å². The van der Waals surface area contributed by atoms with Gasteiger partial charge in [0.2, 0.25) is 5.95 Å². The van der Waals surface area contributed by atoms with Crippen LogP contribution < -0.4 is 15.8 Å². The lowest BCUT2D eigenvalue weighted by Crippen LogP contribution is -2.48. The molecule has 1 saturated heterocycles. The van der Waals surface area contributed by atoms with Crippen LogP contribution in [0.4, 0.5) is 5.95 Å². The molecule has 7 heteroatoms. The Labute approximate surface area is 162 Å². The lowest BCUT2D eigenvalue weighted by atomic mass is 9.99. The van der Waals surface area contributed by atoms with E-state index in [9.17, 15) is 10.1 Å². The van der Waals surface area contributed by atoms with Gasteiger partial charge in [0.25, 0.3) is 5.56 Å². The van der Waals surface area contributed by atoms with Crippen LogP contribution in [0.2, 0.25) is 0 Å². The van der Waals surface area contributed by atoms with Crippen LogP contribution in [0.5, 0.6) is 0 Å². The van der Waals surface area contributed by atoms with E-state index in [0.29, 0.717) is 23.8 Å². The van der Waals surface area contributed by atoms with Gasteiger partial charge in [0.1, 0.15) is 0 Å². The van der Waals surface area contributed by atoms with E-state index in [1.54, 1.807) is 30.1 Å². The zero-order valence-corrected chi connectivity index (χ0v) is 15.5. The van der Waals surface area contributed by atoms with Gasteiger partial charge in [-0.25, -0.2) is 4.98 Å². The third-order valence-electron chi connectivity index (χ3n) is 5.00. The maximum Gasteiger partial charge on any atom is 0.255 e. The second-order valence-corrected chi connectivity index (χ2v) is 6.73. The van der Waals surface area contributed by atoms with Crippen molar-refractivity contribution >= 4 is 5.95 Å². The van der Waals surface area contributed by atoms with Crippen molar-refractivity contribution in [2.24, 2.45) is 7.05 Å². The maximum atomic E-state index is 12.6. The molecule has 0 spiro atoms. The highest BCUT2D eigenvalue weighted by atomic mass is 16.1. The number of rotatable bonds is 3. The highest BCUT2D eigenvalue weighted by Crippen LogP contribution is 2.24. The Morgan fingerprint density at radius 1 is 1.21 bits per heavy atom. The molecular formula is C21H20N6O. The number of aromatic nitrogens is 3. The van der Waals surface area contributed by atoms with E-state index in [4.69, 9.17) is 4.98 Å². The quantitative estimate of drug-likeness (QED) is 0.755. The van der Waals surface area contributed by atoms with Crippen LogP contribution >= 0.6 is 0 Å². The Bertz CT molecular complexity index is 1090. The summed E-state index contributed by atoms with van der Waals surface area (Å²) in [6.45, 7) is 2.09. The Kier molecular flexibility index (Phi) is 4.87. The largest absolute Gasteiger partial charge is 0.339 e. The van der Waals surface area contributed by atoms with Crippen LogP contribution in [0.25, 0.3) is 11.3 Å². The first kappa shape index (κ1) is 17.9. The van der Waals surface area contributed by atoms with Gasteiger partial charge in [0.15, 0.2) is 0 Å². The lowest BCUT2D eigenvalue weighted by molar-refractivity contribution is 0.461. The van der Waals surface area contributed by atoms with Gasteiger partial charge in [-0.3, -0.25) is 14.3 Å². The maximum absolute atomic E-state index is 12.6. The first-order valence-corrected chi connectivity index (χ1v) is 9.13. The van der Waals surface area contributed by atoms with Crippen LogP contribution in [0.15, 0.2) is 59.7 Å². The van der Waals surface area contributed by atoms with E-state index >= 15 is 0 Å². The van der Waals surface area contributed by atoms with Gasteiger partial charge in [-0.05, 0) is 23.8 Å². The molecule has 2 aromatic heterocycles. The predicted molar refractivity (Wildman–Crippen MR) is 107 cm³/mol. The highest BCUT2D eigenvalue weighted by Gasteiger charge is 2.25. The van der Waals surface area contributed by atoms with Crippen LogP contribution in [-0.2, 0) is 7.05 Å². The van der Waals surface area contributed by atoms with Crippen LogP contribution in [-0.4, -0.2) is 34.2 Å². The standard InChI is InChI=1S/C21H20N6O/c1-26-20(28)12-18(15-6-8-23-9-7-15)25-21(26)27-11-10-24-19(14-27)17-5-3-2-4-16(17)13-22/h2-9,12,19,24H,10-11,14H2,1H3. The van der Waals surface area contributed by atoms with Gasteiger partial charge in [-0.15, -0.1) is 0 Å². The minimum absolute atomic E-state index is 0.00826. The average molecular weight is 372 g/mol. The van der Waals surface area contributed by atoms with Gasteiger partial charge in [-0.2, -0.15) is 5.26 Å². The Morgan fingerprint density at radius 3 is 2.79 bits per heavy atom. The van der Waals surface area contributed by atoms with E-state index in [1.807, 2.05) is 36.4 Å². The Hall–Kier alpha value is -3.50. The normalized spacial score (nSPS) is 16.6. The molecule has 28 heavy (non-hydrogen) atoms. The van der Waals surface area contributed by atoms with Crippen molar-refractivity contribution < 1.29 is 0 Å². The van der Waals surface area contributed by atoms with Crippen LogP contribution in [0.3, 0.4) is 0 Å². The number of hydrogen-bond acceptors (Lipinski definition) is 6. The third-order valence-corrected chi connectivity index (χ3v) is 5.00. The summed E-state index contributed by atoms with van der Waals surface area (Å²) in [5.74, 6) is 0.625. The molecule has 1 fully saturated rings. The molecule has 3 aromatic rings. The molecule has 1 N–H and O–H groups in total. The highest BCUT2D eigenvalue weighted by molar-refractivity contribution is 5.59. The van der Waals surface area contributed by atoms with Crippen molar-refractivity contribution in [3.05, 3.63) is 76.3 Å². The van der Waals surface area contributed by atoms with Gasteiger partial charge in [-0.1, -0.05) is 18.2 Å². The molecule has 7 nitrogen and oxygen atoms in total. The van der Waals surface area contributed by atoms with Crippen molar-refractivity contribution in [2.45, 2.75) is 6.04 Å². The summed E-state index contributed by atoms with van der Waals surface area (Å²) < 4.78 is 1.57. The number of anilines is 1. The number of nitriles is 1. The molecule has 0 bridgehead atoms. The molecule has 1 aliphatic rings. The second kappa shape index (κ2) is 7.62. The number of nitrogens with one attached hydrogen (secondary N) is 1. The van der Waals surface area contributed by atoms with E-state index < -0.39 is 0 Å². The fourth-order valence-electron chi connectivity index (χ4n) is 3.52. The Balaban J connectivity index is 1.70. The molecule has 3 heterocycles. The van der Waals surface area contributed by atoms with Crippen molar-refractivity contribution in [2.75, 3.05) is 24.5 Å². The molecule has 0 aliphatic carbocycles. The summed E-state index contributed by atoms with van der Waals surface area (Å²) in [5, 5.41) is 12.9. The van der Waals surface area contributed by atoms with Gasteiger partial charge in [0.05, 0.1) is 23.4 Å². The summed E-state index contributed by atoms with van der Waals surface area (Å²) in [6.07, 6.45) is 3.38. The fraction of sp³-hybridized carbons (Fsp3) is 0.238. The topological polar surface area (TPSA) is 86.8 Å². The Morgan fingerprint density at radius 2 is 2.00 bits per heavy atom. The minimum Gasteiger partial charge on any atom is -0.339 e. The fourth-order valence-corrected chi connectivity index (χ4v) is 3.52. The molecule has 0 radical (unpaired) electrons. The number of hydrogen-bond donors (Lipinski definition) is 1. The van der Waals surface area contributed by atoms with Gasteiger partial charge in [0, 0.05) is 50.7 Å². The SMILES string of the molecule is Cn1c(N2CCNC(c3ccccc3C#N)C2)nc(-c2ccncc2)cc1=O. The number of piperazine rings is 1. The molecule has 140 valence electrons. The lowest BCUT2D eigenvalue weighted by Gasteiger charge is -2.35. The summed E-state index contributed by atoms with van der Waals surface area (Å²) in [7, 11) is 1.74.